The summed E-state index contributed by atoms with van der Waals surface area (Å²) >= 11 is 37.4. The fourth-order valence-corrected chi connectivity index (χ4v) is 5.15. The summed E-state index contributed by atoms with van der Waals surface area (Å²) in [7, 11) is 0. The Bertz CT molecular complexity index is 1310. The predicted octanol–water partition coefficient (Wildman–Crippen LogP) is 7.24. The second-order valence-corrected chi connectivity index (χ2v) is 11.1. The molecule has 4 rings (SSSR count). The van der Waals surface area contributed by atoms with Crippen LogP contribution in [-0.2, 0) is 16.1 Å². The largest absolute Gasteiger partial charge is 0.484 e. The van der Waals surface area contributed by atoms with Gasteiger partial charge in [-0.25, -0.2) is 0 Å². The van der Waals surface area contributed by atoms with Crippen molar-refractivity contribution in [3.8, 4) is 5.75 Å². The van der Waals surface area contributed by atoms with Gasteiger partial charge in [-0.2, -0.15) is 0 Å². The predicted molar refractivity (Wildman–Crippen MR) is 169 cm³/mol. The lowest BCUT2D eigenvalue weighted by atomic mass is 10.1. The zero-order valence-electron chi connectivity index (χ0n) is 21.2. The topological polar surface area (TPSA) is 105 Å². The number of ketones is 1. The molecular formula is C27H27Cl7N2O5. The summed E-state index contributed by atoms with van der Waals surface area (Å²) in [5.41, 5.74) is 1.03. The van der Waals surface area contributed by atoms with E-state index in [1.165, 1.54) is 0 Å². The minimum Gasteiger partial charge on any atom is -0.484 e. The van der Waals surface area contributed by atoms with Crippen molar-refractivity contribution in [1.29, 1.82) is 0 Å². The molecule has 0 fully saturated rings. The third-order valence-corrected chi connectivity index (χ3v) is 7.52. The van der Waals surface area contributed by atoms with E-state index in [4.69, 9.17) is 79.1 Å². The van der Waals surface area contributed by atoms with Gasteiger partial charge in [0, 0.05) is 32.5 Å². The molecule has 7 nitrogen and oxygen atoms in total. The molecule has 0 saturated heterocycles. The Balaban J connectivity index is 0.00000280. The molecule has 4 N–H and O–H groups in total. The van der Waals surface area contributed by atoms with Gasteiger partial charge in [0.1, 0.15) is 24.0 Å². The van der Waals surface area contributed by atoms with Crippen molar-refractivity contribution in [2.24, 2.45) is 0 Å². The van der Waals surface area contributed by atoms with Crippen LogP contribution >= 0.6 is 82.0 Å². The van der Waals surface area contributed by atoms with Crippen LogP contribution in [-0.4, -0.2) is 51.9 Å². The molecular weight excluding hydrogens is 680 g/mol. The first-order valence-corrected chi connectivity index (χ1v) is 13.7. The highest BCUT2D eigenvalue weighted by atomic mass is 35.5. The molecule has 0 saturated carbocycles. The van der Waals surface area contributed by atoms with Crippen molar-refractivity contribution in [2.45, 2.75) is 18.2 Å². The van der Waals surface area contributed by atoms with Crippen molar-refractivity contribution in [3.05, 3.63) is 109 Å². The summed E-state index contributed by atoms with van der Waals surface area (Å²) in [5, 5.41) is 2.49. The monoisotopic (exact) mass is 704 g/mol. The second kappa shape index (κ2) is 17.5. The number of Topliss-reactive ketones (excluding diaryl/α,β-unsaturated/α-hetero) is 1. The number of carbonyl (C=O) groups is 1. The number of alkyl halides is 1. The van der Waals surface area contributed by atoms with Crippen LogP contribution in [0.2, 0.25) is 25.1 Å². The van der Waals surface area contributed by atoms with Gasteiger partial charge >= 0.3 is 0 Å². The van der Waals surface area contributed by atoms with Gasteiger partial charge in [0.2, 0.25) is 0 Å². The van der Waals surface area contributed by atoms with E-state index in [0.29, 0.717) is 37.5 Å². The molecule has 2 unspecified atom stereocenters. The molecule has 14 heteroatoms. The Kier molecular flexibility index (Phi) is 16.0. The van der Waals surface area contributed by atoms with Crippen LogP contribution < -0.4 is 4.74 Å². The normalized spacial score (nSPS) is 13.5. The average molecular weight is 708 g/mol. The van der Waals surface area contributed by atoms with Gasteiger partial charge in [-0.05, 0) is 53.6 Å². The number of ether oxygens (including phenoxy) is 2. The number of hydrogen-bond acceptors (Lipinski definition) is 5. The van der Waals surface area contributed by atoms with Crippen molar-refractivity contribution in [1.82, 2.24) is 9.80 Å². The minimum atomic E-state index is -0.595. The third-order valence-electron chi connectivity index (χ3n) is 5.67. The maximum Gasteiger partial charge on any atom is 0.189 e. The van der Waals surface area contributed by atoms with Crippen LogP contribution in [0.4, 0.5) is 0 Å². The van der Waals surface area contributed by atoms with Crippen LogP contribution in [0.5, 0.6) is 5.75 Å². The molecule has 1 aliphatic heterocycles. The highest BCUT2D eigenvalue weighted by molar-refractivity contribution is 6.36. The molecule has 41 heavy (non-hydrogen) atoms. The molecule has 0 radical (unpaired) electrons. The van der Waals surface area contributed by atoms with Gasteiger partial charge in [-0.3, -0.25) is 4.79 Å². The SMILES string of the molecule is Cl.O.O.O=C(COc1ccc(Cl)cc1Cl)CN1C=CN(C(Cl)C(OCc2ccc(Cl)cc2Cl)c2ccc(Cl)cc2)C1. The first-order valence-electron chi connectivity index (χ1n) is 11.4. The zero-order valence-corrected chi connectivity index (χ0v) is 26.6. The number of halogens is 7. The molecule has 3 aromatic carbocycles. The number of benzene rings is 3. The van der Waals surface area contributed by atoms with Crippen LogP contribution in [0, 0.1) is 0 Å². The Morgan fingerprint density at radius 3 is 2.07 bits per heavy atom. The van der Waals surface area contributed by atoms with Gasteiger partial charge in [-0.1, -0.05) is 87.8 Å². The molecule has 0 bridgehead atoms. The Hall–Kier alpha value is -1.62. The third kappa shape index (κ3) is 10.6. The summed E-state index contributed by atoms with van der Waals surface area (Å²) < 4.78 is 11.8. The molecule has 0 aromatic heterocycles. The highest BCUT2D eigenvalue weighted by Gasteiger charge is 2.30. The van der Waals surface area contributed by atoms with E-state index in [-0.39, 0.29) is 48.9 Å². The van der Waals surface area contributed by atoms with Crippen molar-refractivity contribution in [3.63, 3.8) is 0 Å². The van der Waals surface area contributed by atoms with E-state index in [0.717, 1.165) is 11.1 Å². The molecule has 1 aliphatic rings. The lowest BCUT2D eigenvalue weighted by Crippen LogP contribution is -2.37. The molecule has 2 atom stereocenters. The summed E-state index contributed by atoms with van der Waals surface area (Å²) in [4.78, 5) is 16.3. The van der Waals surface area contributed by atoms with Gasteiger partial charge in [-0.15, -0.1) is 12.4 Å². The van der Waals surface area contributed by atoms with E-state index in [9.17, 15) is 4.79 Å². The molecule has 0 aliphatic carbocycles. The van der Waals surface area contributed by atoms with Gasteiger partial charge in [0.05, 0.1) is 24.8 Å². The van der Waals surface area contributed by atoms with E-state index >= 15 is 0 Å². The molecule has 1 heterocycles. The summed E-state index contributed by atoms with van der Waals surface area (Å²) in [6.45, 7) is 0.608. The lowest BCUT2D eigenvalue weighted by molar-refractivity contribution is -0.121. The second-order valence-electron chi connectivity index (χ2n) is 8.49. The quantitative estimate of drug-likeness (QED) is 0.154. The van der Waals surface area contributed by atoms with E-state index < -0.39 is 11.6 Å². The Morgan fingerprint density at radius 2 is 1.44 bits per heavy atom. The van der Waals surface area contributed by atoms with Crippen LogP contribution in [0.1, 0.15) is 17.2 Å². The summed E-state index contributed by atoms with van der Waals surface area (Å²) in [6.07, 6.45) is 3.09. The van der Waals surface area contributed by atoms with Crippen molar-refractivity contribution < 1.29 is 25.2 Å². The molecule has 0 amide bonds. The van der Waals surface area contributed by atoms with Crippen molar-refractivity contribution >= 4 is 87.8 Å². The molecule has 0 spiro atoms. The maximum absolute atomic E-state index is 12.5. The standard InChI is InChI=1S/C27H22Cl6N2O3.ClH.2H2O/c28-19-4-1-17(2-5-19)26(38-14-18-3-6-20(29)11-23(18)31)27(33)35-10-9-34(16-35)13-22(36)15-37-25-8-7-21(30)12-24(25)32;;;/h1-12,26-27H,13-16H2;1H;2*1H2. The van der Waals surface area contributed by atoms with E-state index in [2.05, 4.69) is 0 Å². The van der Waals surface area contributed by atoms with E-state index in [1.54, 1.807) is 48.7 Å². The van der Waals surface area contributed by atoms with Crippen LogP contribution in [0.25, 0.3) is 0 Å². The van der Waals surface area contributed by atoms with E-state index in [1.807, 2.05) is 34.2 Å². The van der Waals surface area contributed by atoms with Crippen LogP contribution in [0.15, 0.2) is 73.1 Å². The molecule has 3 aromatic rings. The first kappa shape index (κ1) is 37.4. The van der Waals surface area contributed by atoms with Crippen molar-refractivity contribution in [2.75, 3.05) is 19.8 Å². The Morgan fingerprint density at radius 1 is 0.829 bits per heavy atom. The van der Waals surface area contributed by atoms with Gasteiger partial charge in [0.15, 0.2) is 5.78 Å². The first-order chi connectivity index (χ1) is 18.2. The van der Waals surface area contributed by atoms with Gasteiger partial charge in [0.25, 0.3) is 0 Å². The number of rotatable bonds is 11. The summed E-state index contributed by atoms with van der Waals surface area (Å²) in [5.74, 6) is 0.268. The average Bonchev–Trinajstić information content (AvgIpc) is 3.34. The fraction of sp³-hybridized carbons (Fsp3) is 0.222. The number of nitrogens with zero attached hydrogens (tertiary/aromatic N) is 2. The zero-order chi connectivity index (χ0) is 27.2. The van der Waals surface area contributed by atoms with Gasteiger partial charge < -0.3 is 30.2 Å². The number of carbonyl (C=O) groups excluding carboxylic acids is 1. The molecule has 224 valence electrons. The highest BCUT2D eigenvalue weighted by Crippen LogP contribution is 2.33. The summed E-state index contributed by atoms with van der Waals surface area (Å²) in [6, 6.07) is 17.4. The van der Waals surface area contributed by atoms with Crippen LogP contribution in [0.3, 0.4) is 0 Å². The fourth-order valence-electron chi connectivity index (χ4n) is 3.75. The Labute approximate surface area is 274 Å². The maximum atomic E-state index is 12.5. The number of hydrogen-bond donors (Lipinski definition) is 0. The lowest BCUT2D eigenvalue weighted by Gasteiger charge is -2.31. The minimum absolute atomic E-state index is 0. The smallest absolute Gasteiger partial charge is 0.189 e.